The van der Waals surface area contributed by atoms with Crippen molar-refractivity contribution in [3.63, 3.8) is 0 Å². The number of nitrogens with zero attached hydrogens (tertiary/aromatic N) is 1. The van der Waals surface area contributed by atoms with Crippen LogP contribution in [0, 0.1) is 0 Å². The van der Waals surface area contributed by atoms with Crippen LogP contribution in [0.3, 0.4) is 0 Å². The zero-order valence-corrected chi connectivity index (χ0v) is 14.7. The molecule has 1 N–H and O–H groups in total. The number of para-hydroxylation sites is 2. The average Bonchev–Trinajstić information content (AvgIpc) is 2.62. The number of hydrogen-bond acceptors (Lipinski definition) is 5. The number of likely N-dealkylation sites (tertiary alicyclic amines) is 1. The molecule has 1 aliphatic rings. The number of carbonyl (C=O) groups is 2. The summed E-state index contributed by atoms with van der Waals surface area (Å²) < 4.78 is 16.3. The smallest absolute Gasteiger partial charge is 0.348 e. The monoisotopic (exact) mass is 351 g/mol. The fourth-order valence-corrected chi connectivity index (χ4v) is 2.85. The largest absolute Gasteiger partial charge is 0.493 e. The van der Waals surface area contributed by atoms with E-state index < -0.39 is 11.6 Å². The molecule has 1 fully saturated rings. The highest BCUT2D eigenvalue weighted by atomic mass is 16.5. The van der Waals surface area contributed by atoms with E-state index in [0.717, 1.165) is 0 Å². The molecule has 7 nitrogen and oxygen atoms in total. The lowest BCUT2D eigenvalue weighted by Gasteiger charge is -2.39. The first-order valence-corrected chi connectivity index (χ1v) is 8.43. The van der Waals surface area contributed by atoms with E-state index in [1.807, 2.05) is 6.92 Å². The van der Waals surface area contributed by atoms with Crippen molar-refractivity contribution in [2.75, 3.05) is 33.4 Å². The van der Waals surface area contributed by atoms with Crippen LogP contribution in [0.1, 0.15) is 26.2 Å². The summed E-state index contributed by atoms with van der Waals surface area (Å²) in [4.78, 5) is 25.7. The number of benzene rings is 1. The van der Waals surface area contributed by atoms with Crippen LogP contribution in [0.4, 0.5) is 0 Å². The summed E-state index contributed by atoms with van der Waals surface area (Å²) in [5.74, 6) is -0.175. The van der Waals surface area contributed by atoms with Gasteiger partial charge in [-0.1, -0.05) is 12.1 Å². The van der Waals surface area contributed by atoms with E-state index in [9.17, 15) is 14.7 Å². The molecule has 138 valence electrons. The number of hydrogen-bond donors (Lipinski definition) is 1. The summed E-state index contributed by atoms with van der Waals surface area (Å²) >= 11 is 0. The third-order valence-corrected chi connectivity index (χ3v) is 4.35. The Morgan fingerprint density at radius 2 is 1.84 bits per heavy atom. The lowest BCUT2D eigenvalue weighted by atomic mass is 9.90. The van der Waals surface area contributed by atoms with Gasteiger partial charge in [0.15, 0.2) is 11.5 Å². The van der Waals surface area contributed by atoms with Gasteiger partial charge in [-0.15, -0.1) is 0 Å². The zero-order valence-electron chi connectivity index (χ0n) is 14.7. The van der Waals surface area contributed by atoms with Crippen LogP contribution in [0.15, 0.2) is 24.3 Å². The number of carbonyl (C=O) groups excluding carboxylic acids is 1. The van der Waals surface area contributed by atoms with Gasteiger partial charge in [0.2, 0.25) is 11.5 Å². The van der Waals surface area contributed by atoms with Crippen LogP contribution >= 0.6 is 0 Å². The number of methoxy groups -OCH3 is 1. The Morgan fingerprint density at radius 1 is 1.20 bits per heavy atom. The summed E-state index contributed by atoms with van der Waals surface area (Å²) in [5, 5.41) is 9.72. The predicted molar refractivity (Wildman–Crippen MR) is 90.9 cm³/mol. The highest BCUT2D eigenvalue weighted by Crippen LogP contribution is 2.34. The molecule has 0 bridgehead atoms. The van der Waals surface area contributed by atoms with E-state index in [4.69, 9.17) is 14.2 Å². The molecule has 0 atom stereocenters. The molecule has 1 aromatic carbocycles. The van der Waals surface area contributed by atoms with Gasteiger partial charge in [0.1, 0.15) is 0 Å². The van der Waals surface area contributed by atoms with Gasteiger partial charge < -0.3 is 24.2 Å². The topological polar surface area (TPSA) is 85.3 Å². The standard InChI is InChI=1S/C18H25NO6/c1-3-24-13-8-16(20)19-11-9-18(10-12-19,17(21)22)25-15-7-5-4-6-14(15)23-2/h4-7H,3,8-13H2,1-2H3,(H,21,22). The second kappa shape index (κ2) is 8.71. The van der Waals surface area contributed by atoms with Crippen molar-refractivity contribution >= 4 is 11.9 Å². The summed E-state index contributed by atoms with van der Waals surface area (Å²) in [5.41, 5.74) is -1.36. The summed E-state index contributed by atoms with van der Waals surface area (Å²) in [6.45, 7) is 3.51. The van der Waals surface area contributed by atoms with Crippen molar-refractivity contribution < 1.29 is 28.9 Å². The number of aliphatic carboxylic acids is 1. The fraction of sp³-hybridized carbons (Fsp3) is 0.556. The Labute approximate surface area is 147 Å². The maximum absolute atomic E-state index is 12.2. The van der Waals surface area contributed by atoms with E-state index in [0.29, 0.717) is 44.2 Å². The Morgan fingerprint density at radius 3 is 2.40 bits per heavy atom. The molecule has 1 heterocycles. The Balaban J connectivity index is 2.03. The molecule has 0 aromatic heterocycles. The highest BCUT2D eigenvalue weighted by Gasteiger charge is 2.45. The lowest BCUT2D eigenvalue weighted by Crippen LogP contribution is -2.54. The second-order valence-corrected chi connectivity index (χ2v) is 5.88. The maximum Gasteiger partial charge on any atom is 0.348 e. The van der Waals surface area contributed by atoms with Gasteiger partial charge in [-0.25, -0.2) is 4.79 Å². The molecule has 1 amide bonds. The van der Waals surface area contributed by atoms with Crippen LogP contribution in [0.5, 0.6) is 11.5 Å². The molecule has 7 heteroatoms. The number of carboxylic acid groups (broad SMARTS) is 1. The van der Waals surface area contributed by atoms with Crippen molar-refractivity contribution in [3.8, 4) is 11.5 Å². The highest BCUT2D eigenvalue weighted by molar-refractivity contribution is 5.80. The van der Waals surface area contributed by atoms with Gasteiger partial charge in [0.05, 0.1) is 20.1 Å². The first kappa shape index (κ1) is 19.1. The molecule has 0 spiro atoms. The average molecular weight is 351 g/mol. The third kappa shape index (κ3) is 4.63. The summed E-state index contributed by atoms with van der Waals surface area (Å²) in [7, 11) is 1.51. The third-order valence-electron chi connectivity index (χ3n) is 4.35. The number of ether oxygens (including phenoxy) is 3. The molecular weight excluding hydrogens is 326 g/mol. The quantitative estimate of drug-likeness (QED) is 0.721. The van der Waals surface area contributed by atoms with Crippen LogP contribution in [-0.4, -0.2) is 60.9 Å². The fourth-order valence-electron chi connectivity index (χ4n) is 2.85. The maximum atomic E-state index is 12.2. The molecule has 0 unspecified atom stereocenters. The predicted octanol–water partition coefficient (Wildman–Crippen LogP) is 1.95. The molecular formula is C18H25NO6. The molecule has 1 aliphatic heterocycles. The van der Waals surface area contributed by atoms with Crippen molar-refractivity contribution in [1.29, 1.82) is 0 Å². The Bertz CT molecular complexity index is 595. The van der Waals surface area contributed by atoms with Crippen LogP contribution in [0.25, 0.3) is 0 Å². The van der Waals surface area contributed by atoms with Gasteiger partial charge in [-0.3, -0.25) is 4.79 Å². The van der Waals surface area contributed by atoms with Gasteiger partial charge in [-0.05, 0) is 19.1 Å². The SMILES string of the molecule is CCOCCC(=O)N1CCC(Oc2ccccc2OC)(C(=O)O)CC1. The van der Waals surface area contributed by atoms with Crippen molar-refractivity contribution in [2.24, 2.45) is 0 Å². The number of rotatable bonds is 8. The van der Waals surface area contributed by atoms with Gasteiger partial charge in [0.25, 0.3) is 0 Å². The number of carboxylic acids is 1. The first-order valence-electron chi connectivity index (χ1n) is 8.43. The van der Waals surface area contributed by atoms with Crippen molar-refractivity contribution in [2.45, 2.75) is 31.8 Å². The van der Waals surface area contributed by atoms with Crippen LogP contribution in [0.2, 0.25) is 0 Å². The minimum absolute atomic E-state index is 0.0234. The number of piperidine rings is 1. The summed E-state index contributed by atoms with van der Waals surface area (Å²) in [6.07, 6.45) is 0.753. The Kier molecular flexibility index (Phi) is 6.64. The Hall–Kier alpha value is -2.28. The first-order chi connectivity index (χ1) is 12.0. The minimum atomic E-state index is -1.36. The molecule has 2 rings (SSSR count). The summed E-state index contributed by atoms with van der Waals surface area (Å²) in [6, 6.07) is 6.96. The van der Waals surface area contributed by atoms with E-state index in [2.05, 4.69) is 0 Å². The molecule has 0 aliphatic carbocycles. The van der Waals surface area contributed by atoms with E-state index in [1.165, 1.54) is 7.11 Å². The van der Waals surface area contributed by atoms with Gasteiger partial charge in [-0.2, -0.15) is 0 Å². The number of amides is 1. The van der Waals surface area contributed by atoms with Gasteiger partial charge in [0, 0.05) is 32.5 Å². The molecule has 0 saturated carbocycles. The molecule has 1 aromatic rings. The molecule has 25 heavy (non-hydrogen) atoms. The van der Waals surface area contributed by atoms with Crippen LogP contribution < -0.4 is 9.47 Å². The van der Waals surface area contributed by atoms with Crippen LogP contribution in [-0.2, 0) is 14.3 Å². The van der Waals surface area contributed by atoms with E-state index in [-0.39, 0.29) is 18.7 Å². The van der Waals surface area contributed by atoms with E-state index in [1.54, 1.807) is 29.2 Å². The van der Waals surface area contributed by atoms with Gasteiger partial charge >= 0.3 is 5.97 Å². The van der Waals surface area contributed by atoms with E-state index >= 15 is 0 Å². The van der Waals surface area contributed by atoms with Crippen molar-refractivity contribution in [1.82, 2.24) is 4.90 Å². The zero-order chi connectivity index (χ0) is 18.3. The van der Waals surface area contributed by atoms with Crippen molar-refractivity contribution in [3.05, 3.63) is 24.3 Å². The molecule has 0 radical (unpaired) electrons. The lowest BCUT2D eigenvalue weighted by molar-refractivity contribution is -0.162. The minimum Gasteiger partial charge on any atom is -0.493 e. The normalized spacial score (nSPS) is 16.3. The second-order valence-electron chi connectivity index (χ2n) is 5.88. The molecule has 1 saturated heterocycles.